The molecule has 232 valence electrons. The van der Waals surface area contributed by atoms with Gasteiger partial charge in [0.2, 0.25) is 0 Å². The molecule has 1 N–H and O–H groups in total. The number of ether oxygens (including phenoxy) is 3. The van der Waals surface area contributed by atoms with E-state index in [0.29, 0.717) is 34.8 Å². The second kappa shape index (κ2) is 13.7. The van der Waals surface area contributed by atoms with E-state index in [0.717, 1.165) is 36.8 Å². The molecule has 1 fully saturated rings. The minimum Gasteiger partial charge on any atom is -0.493 e. The summed E-state index contributed by atoms with van der Waals surface area (Å²) in [5.41, 5.74) is 0.854. The molecule has 3 aromatic carbocycles. The molecule has 2 aromatic heterocycles. The number of methoxy groups -OCH3 is 1. The SMILES string of the molecule is COc1cc2c(Oc3ccc(NC(=O)c4cn(-c5ccccc5F)nn4)cc3F)ccnc2cc1OCCCN1CCCCC1. The number of rotatable bonds is 11. The van der Waals surface area contributed by atoms with Gasteiger partial charge >= 0.3 is 0 Å². The fourth-order valence-corrected chi connectivity index (χ4v) is 5.24. The monoisotopic (exact) mass is 614 g/mol. The highest BCUT2D eigenvalue weighted by Crippen LogP contribution is 2.38. The van der Waals surface area contributed by atoms with Crippen LogP contribution < -0.4 is 19.5 Å². The Morgan fingerprint density at radius 1 is 0.933 bits per heavy atom. The quantitative estimate of drug-likeness (QED) is 0.171. The van der Waals surface area contributed by atoms with Crippen LogP contribution in [0.1, 0.15) is 36.2 Å². The van der Waals surface area contributed by atoms with Gasteiger partial charge in [0.05, 0.1) is 25.4 Å². The highest BCUT2D eigenvalue weighted by Gasteiger charge is 2.17. The number of piperidine rings is 1. The molecule has 10 nitrogen and oxygen atoms in total. The molecule has 12 heteroatoms. The van der Waals surface area contributed by atoms with Gasteiger partial charge in [-0.15, -0.1) is 5.10 Å². The molecule has 0 saturated carbocycles. The summed E-state index contributed by atoms with van der Waals surface area (Å²) in [6.45, 7) is 3.84. The molecule has 0 spiro atoms. The van der Waals surface area contributed by atoms with E-state index in [-0.39, 0.29) is 22.8 Å². The van der Waals surface area contributed by atoms with Crippen molar-refractivity contribution in [3.8, 4) is 28.7 Å². The van der Waals surface area contributed by atoms with Crippen LogP contribution in [0.15, 0.2) is 73.1 Å². The molecule has 0 unspecified atom stereocenters. The first kappa shape index (κ1) is 29.9. The number of carbonyl (C=O) groups excluding carboxylic acids is 1. The molecule has 1 aliphatic rings. The fourth-order valence-electron chi connectivity index (χ4n) is 5.24. The van der Waals surface area contributed by atoms with Crippen molar-refractivity contribution in [2.24, 2.45) is 0 Å². The van der Waals surface area contributed by atoms with E-state index in [1.165, 1.54) is 49.7 Å². The minimum atomic E-state index is -0.701. The summed E-state index contributed by atoms with van der Waals surface area (Å²) in [4.78, 5) is 19.6. The van der Waals surface area contributed by atoms with Crippen LogP contribution in [0.4, 0.5) is 14.5 Å². The van der Waals surface area contributed by atoms with E-state index in [9.17, 15) is 9.18 Å². The number of likely N-dealkylation sites (tertiary alicyclic amines) is 1. The van der Waals surface area contributed by atoms with E-state index in [2.05, 4.69) is 25.5 Å². The van der Waals surface area contributed by atoms with Crippen LogP contribution in [0.25, 0.3) is 16.6 Å². The zero-order chi connectivity index (χ0) is 31.2. The number of hydrogen-bond acceptors (Lipinski definition) is 8. The predicted molar refractivity (Wildman–Crippen MR) is 164 cm³/mol. The Labute approximate surface area is 258 Å². The average Bonchev–Trinajstić information content (AvgIpc) is 3.55. The molecule has 1 amide bonds. The first-order valence-corrected chi connectivity index (χ1v) is 14.8. The molecular formula is C33H32F2N6O4. The molecule has 6 rings (SSSR count). The maximum absolute atomic E-state index is 15.2. The van der Waals surface area contributed by atoms with Crippen molar-refractivity contribution in [3.05, 3.63) is 90.4 Å². The lowest BCUT2D eigenvalue weighted by molar-refractivity contribution is 0.102. The number of anilines is 1. The lowest BCUT2D eigenvalue weighted by Crippen LogP contribution is -2.31. The summed E-state index contributed by atoms with van der Waals surface area (Å²) in [5, 5.41) is 10.8. The number of nitrogens with zero attached hydrogens (tertiary/aromatic N) is 5. The molecular weight excluding hydrogens is 582 g/mol. The molecule has 0 aliphatic carbocycles. The molecule has 1 aliphatic heterocycles. The summed E-state index contributed by atoms with van der Waals surface area (Å²) in [6.07, 6.45) is 7.58. The number of pyridine rings is 1. The Morgan fingerprint density at radius 2 is 1.78 bits per heavy atom. The number of carbonyl (C=O) groups is 1. The number of para-hydroxylation sites is 1. The third-order valence-electron chi connectivity index (χ3n) is 7.55. The number of aromatic nitrogens is 4. The van der Waals surface area contributed by atoms with Gasteiger partial charge in [-0.05, 0) is 68.8 Å². The maximum atomic E-state index is 15.2. The van der Waals surface area contributed by atoms with Gasteiger partial charge in [-0.1, -0.05) is 23.8 Å². The van der Waals surface area contributed by atoms with Crippen molar-refractivity contribution in [1.82, 2.24) is 24.9 Å². The smallest absolute Gasteiger partial charge is 0.277 e. The standard InChI is InChI=1S/C33H32F2N6O4/c1-43-31-19-23-26(20-32(31)44-17-7-16-40-14-5-2-6-15-40)36-13-12-29(23)45-30-11-10-22(18-25(30)35)37-33(42)27-21-41(39-38-27)28-9-4-3-8-24(28)34/h3-4,8-13,18-21H,2,5-7,14-17H2,1H3,(H,37,42). The lowest BCUT2D eigenvalue weighted by atomic mass is 10.1. The van der Waals surface area contributed by atoms with E-state index < -0.39 is 17.5 Å². The van der Waals surface area contributed by atoms with Gasteiger partial charge in [-0.25, -0.2) is 13.5 Å². The summed E-state index contributed by atoms with van der Waals surface area (Å²) in [6, 6.07) is 15.2. The minimum absolute atomic E-state index is 0.0528. The maximum Gasteiger partial charge on any atom is 0.277 e. The van der Waals surface area contributed by atoms with Gasteiger partial charge in [0.1, 0.15) is 17.3 Å². The third-order valence-corrected chi connectivity index (χ3v) is 7.55. The molecule has 0 bridgehead atoms. The second-order valence-electron chi connectivity index (χ2n) is 10.6. The van der Waals surface area contributed by atoms with E-state index in [1.807, 2.05) is 0 Å². The van der Waals surface area contributed by atoms with Crippen LogP contribution >= 0.6 is 0 Å². The topological polar surface area (TPSA) is 104 Å². The Kier molecular flexibility index (Phi) is 9.11. The largest absolute Gasteiger partial charge is 0.493 e. The number of amides is 1. The first-order valence-electron chi connectivity index (χ1n) is 14.8. The number of hydrogen-bond donors (Lipinski definition) is 1. The van der Waals surface area contributed by atoms with E-state index in [4.69, 9.17) is 14.2 Å². The molecule has 3 heterocycles. The normalized spacial score (nSPS) is 13.5. The van der Waals surface area contributed by atoms with Crippen molar-refractivity contribution in [2.45, 2.75) is 25.7 Å². The Morgan fingerprint density at radius 3 is 2.58 bits per heavy atom. The van der Waals surface area contributed by atoms with E-state index in [1.54, 1.807) is 43.6 Å². The highest BCUT2D eigenvalue weighted by atomic mass is 19.1. The summed E-state index contributed by atoms with van der Waals surface area (Å²) >= 11 is 0. The van der Waals surface area contributed by atoms with Crippen LogP contribution in [0, 0.1) is 11.6 Å². The molecule has 1 saturated heterocycles. The van der Waals surface area contributed by atoms with Gasteiger partial charge in [0.15, 0.2) is 28.8 Å². The lowest BCUT2D eigenvalue weighted by Gasteiger charge is -2.26. The van der Waals surface area contributed by atoms with Crippen LogP contribution in [0.5, 0.6) is 23.0 Å². The van der Waals surface area contributed by atoms with Gasteiger partial charge in [0, 0.05) is 35.9 Å². The third kappa shape index (κ3) is 7.01. The van der Waals surface area contributed by atoms with Crippen LogP contribution in [-0.2, 0) is 0 Å². The molecule has 5 aromatic rings. The number of nitrogens with one attached hydrogen (secondary N) is 1. The van der Waals surface area contributed by atoms with Crippen LogP contribution in [0.3, 0.4) is 0 Å². The molecule has 0 radical (unpaired) electrons. The van der Waals surface area contributed by atoms with Crippen LogP contribution in [0.2, 0.25) is 0 Å². The molecule has 45 heavy (non-hydrogen) atoms. The van der Waals surface area contributed by atoms with Crippen molar-refractivity contribution < 1.29 is 27.8 Å². The molecule has 0 atom stereocenters. The number of benzene rings is 3. The van der Waals surface area contributed by atoms with Crippen molar-refractivity contribution in [2.75, 3.05) is 38.7 Å². The van der Waals surface area contributed by atoms with Gasteiger partial charge in [0.25, 0.3) is 5.91 Å². The van der Waals surface area contributed by atoms with Gasteiger partial charge in [-0.2, -0.15) is 0 Å². The van der Waals surface area contributed by atoms with Gasteiger partial charge < -0.3 is 24.4 Å². The van der Waals surface area contributed by atoms with Crippen molar-refractivity contribution in [1.29, 1.82) is 0 Å². The summed E-state index contributed by atoms with van der Waals surface area (Å²) < 4.78 is 48.0. The summed E-state index contributed by atoms with van der Waals surface area (Å²) in [5.74, 6) is -0.439. The Balaban J connectivity index is 1.12. The summed E-state index contributed by atoms with van der Waals surface area (Å²) in [7, 11) is 1.56. The Hall–Kier alpha value is -5.10. The zero-order valence-corrected chi connectivity index (χ0v) is 24.7. The van der Waals surface area contributed by atoms with Crippen LogP contribution in [-0.4, -0.2) is 64.1 Å². The predicted octanol–water partition coefficient (Wildman–Crippen LogP) is 6.40. The average molecular weight is 615 g/mol. The first-order chi connectivity index (χ1) is 22.0. The fraction of sp³-hybridized carbons (Fsp3) is 0.273. The Bertz CT molecular complexity index is 1810. The van der Waals surface area contributed by atoms with Crippen molar-refractivity contribution >= 4 is 22.5 Å². The van der Waals surface area contributed by atoms with Gasteiger partial charge in [-0.3, -0.25) is 9.78 Å². The highest BCUT2D eigenvalue weighted by molar-refractivity contribution is 6.02. The number of fused-ring (bicyclic) bond motifs is 1. The van der Waals surface area contributed by atoms with E-state index >= 15 is 4.39 Å². The second-order valence-corrected chi connectivity index (χ2v) is 10.6. The zero-order valence-electron chi connectivity index (χ0n) is 24.7. The van der Waals surface area contributed by atoms with Crippen molar-refractivity contribution in [3.63, 3.8) is 0 Å². The number of halogens is 2.